The molecule has 0 aliphatic rings. The summed E-state index contributed by atoms with van der Waals surface area (Å²) in [5.74, 6) is 0.546. The zero-order valence-corrected chi connectivity index (χ0v) is 11.7. The molecule has 0 spiro atoms. The first kappa shape index (κ1) is 12.4. The molecule has 1 unspecified atom stereocenters. The number of para-hydroxylation sites is 2. The van der Waals surface area contributed by atoms with Gasteiger partial charge in [0, 0.05) is 4.47 Å². The standard InChI is InChI=1S/C15H12BrNO2/c16-11-6-2-1-5-10(11)13(18)9-15-17-12-7-3-4-8-14(12)19-15/h1-8,13,18H,9H2. The van der Waals surface area contributed by atoms with Crippen molar-refractivity contribution in [1.82, 2.24) is 4.98 Å². The second-order valence-corrected chi connectivity index (χ2v) is 5.17. The van der Waals surface area contributed by atoms with Crippen LogP contribution in [0.15, 0.2) is 57.4 Å². The normalized spacial score (nSPS) is 12.7. The van der Waals surface area contributed by atoms with Crippen molar-refractivity contribution >= 4 is 27.0 Å². The molecule has 3 aromatic rings. The van der Waals surface area contributed by atoms with E-state index in [0.717, 1.165) is 21.1 Å². The highest BCUT2D eigenvalue weighted by molar-refractivity contribution is 9.10. The van der Waals surface area contributed by atoms with Crippen LogP contribution < -0.4 is 0 Å². The third-order valence-electron chi connectivity index (χ3n) is 2.97. The van der Waals surface area contributed by atoms with Crippen molar-refractivity contribution in [3.05, 3.63) is 64.5 Å². The van der Waals surface area contributed by atoms with Crippen molar-refractivity contribution < 1.29 is 9.52 Å². The van der Waals surface area contributed by atoms with Crippen LogP contribution in [0.1, 0.15) is 17.6 Å². The molecule has 3 rings (SSSR count). The first-order valence-electron chi connectivity index (χ1n) is 6.01. The van der Waals surface area contributed by atoms with E-state index in [9.17, 15) is 5.11 Å². The monoisotopic (exact) mass is 317 g/mol. The Bertz CT molecular complexity index is 675. The number of aromatic nitrogens is 1. The SMILES string of the molecule is OC(Cc1nc2ccccc2o1)c1ccccc1Br. The number of benzene rings is 2. The number of oxazole rings is 1. The minimum Gasteiger partial charge on any atom is -0.441 e. The van der Waals surface area contributed by atoms with Crippen molar-refractivity contribution in [3.8, 4) is 0 Å². The van der Waals surface area contributed by atoms with Gasteiger partial charge in [-0.3, -0.25) is 0 Å². The molecule has 3 nitrogen and oxygen atoms in total. The molecule has 0 amide bonds. The molecule has 1 atom stereocenters. The summed E-state index contributed by atoms with van der Waals surface area (Å²) in [6.07, 6.45) is -0.277. The number of aliphatic hydroxyl groups excluding tert-OH is 1. The minimum absolute atomic E-state index is 0.358. The van der Waals surface area contributed by atoms with Gasteiger partial charge in [0.15, 0.2) is 11.5 Å². The number of hydrogen-bond acceptors (Lipinski definition) is 3. The smallest absolute Gasteiger partial charge is 0.198 e. The summed E-state index contributed by atoms with van der Waals surface area (Å²) in [6.45, 7) is 0. The lowest BCUT2D eigenvalue weighted by Gasteiger charge is -2.10. The van der Waals surface area contributed by atoms with E-state index < -0.39 is 6.10 Å². The van der Waals surface area contributed by atoms with Crippen LogP contribution in [0.5, 0.6) is 0 Å². The van der Waals surface area contributed by atoms with Crippen LogP contribution in [0.25, 0.3) is 11.1 Å². The molecule has 0 aliphatic carbocycles. The van der Waals surface area contributed by atoms with Crippen LogP contribution in [-0.4, -0.2) is 10.1 Å². The fourth-order valence-electron chi connectivity index (χ4n) is 2.03. The average Bonchev–Trinajstić information content (AvgIpc) is 2.81. The fraction of sp³-hybridized carbons (Fsp3) is 0.133. The van der Waals surface area contributed by atoms with Gasteiger partial charge in [0.2, 0.25) is 0 Å². The van der Waals surface area contributed by atoms with Gasteiger partial charge in [-0.15, -0.1) is 0 Å². The summed E-state index contributed by atoms with van der Waals surface area (Å²) in [7, 11) is 0. The van der Waals surface area contributed by atoms with Crippen molar-refractivity contribution in [3.63, 3.8) is 0 Å². The first-order chi connectivity index (χ1) is 9.24. The maximum atomic E-state index is 10.2. The van der Waals surface area contributed by atoms with Gasteiger partial charge < -0.3 is 9.52 Å². The molecule has 19 heavy (non-hydrogen) atoms. The van der Waals surface area contributed by atoms with Gasteiger partial charge >= 0.3 is 0 Å². The minimum atomic E-state index is -0.636. The average molecular weight is 318 g/mol. The Morgan fingerprint density at radius 2 is 1.84 bits per heavy atom. The van der Waals surface area contributed by atoms with Gasteiger partial charge in [-0.05, 0) is 23.8 Å². The van der Waals surface area contributed by atoms with Crippen LogP contribution in [-0.2, 0) is 6.42 Å². The Morgan fingerprint density at radius 1 is 1.11 bits per heavy atom. The summed E-state index contributed by atoms with van der Waals surface area (Å²) in [5.41, 5.74) is 2.40. The third kappa shape index (κ3) is 2.55. The van der Waals surface area contributed by atoms with Crippen LogP contribution in [0.4, 0.5) is 0 Å². The molecule has 0 radical (unpaired) electrons. The Balaban J connectivity index is 1.86. The third-order valence-corrected chi connectivity index (χ3v) is 3.69. The van der Waals surface area contributed by atoms with Gasteiger partial charge in [-0.25, -0.2) is 4.98 Å². The highest BCUT2D eigenvalue weighted by Crippen LogP contribution is 2.26. The second-order valence-electron chi connectivity index (χ2n) is 4.32. The molecular formula is C15H12BrNO2. The van der Waals surface area contributed by atoms with E-state index >= 15 is 0 Å². The maximum Gasteiger partial charge on any atom is 0.198 e. The van der Waals surface area contributed by atoms with Gasteiger partial charge in [0.25, 0.3) is 0 Å². The quantitative estimate of drug-likeness (QED) is 0.797. The lowest BCUT2D eigenvalue weighted by atomic mass is 10.1. The molecule has 1 aromatic heterocycles. The lowest BCUT2D eigenvalue weighted by Crippen LogP contribution is -2.02. The number of fused-ring (bicyclic) bond motifs is 1. The van der Waals surface area contributed by atoms with Crippen molar-refractivity contribution in [1.29, 1.82) is 0 Å². The highest BCUT2D eigenvalue weighted by atomic mass is 79.9. The maximum absolute atomic E-state index is 10.2. The van der Waals surface area contributed by atoms with E-state index in [1.807, 2.05) is 48.5 Å². The van der Waals surface area contributed by atoms with E-state index in [0.29, 0.717) is 12.3 Å². The van der Waals surface area contributed by atoms with E-state index in [1.165, 1.54) is 0 Å². The van der Waals surface area contributed by atoms with E-state index in [-0.39, 0.29) is 0 Å². The number of rotatable bonds is 3. The van der Waals surface area contributed by atoms with Gasteiger partial charge in [-0.2, -0.15) is 0 Å². The molecular weight excluding hydrogens is 306 g/mol. The Morgan fingerprint density at radius 3 is 2.63 bits per heavy atom. The molecule has 96 valence electrons. The number of aliphatic hydroxyl groups is 1. The summed E-state index contributed by atoms with van der Waals surface area (Å²) in [6, 6.07) is 15.2. The largest absolute Gasteiger partial charge is 0.441 e. The fourth-order valence-corrected chi connectivity index (χ4v) is 2.58. The first-order valence-corrected chi connectivity index (χ1v) is 6.80. The van der Waals surface area contributed by atoms with E-state index in [4.69, 9.17) is 4.42 Å². The van der Waals surface area contributed by atoms with Crippen LogP contribution >= 0.6 is 15.9 Å². The Kier molecular flexibility index (Phi) is 3.36. The Labute approximate surface area is 119 Å². The lowest BCUT2D eigenvalue weighted by molar-refractivity contribution is 0.168. The summed E-state index contributed by atoms with van der Waals surface area (Å²) >= 11 is 3.43. The molecule has 0 fully saturated rings. The van der Waals surface area contributed by atoms with Crippen LogP contribution in [0, 0.1) is 0 Å². The van der Waals surface area contributed by atoms with Crippen LogP contribution in [0.2, 0.25) is 0 Å². The molecule has 0 saturated carbocycles. The molecule has 4 heteroatoms. The highest BCUT2D eigenvalue weighted by Gasteiger charge is 2.15. The molecule has 2 aromatic carbocycles. The Hall–Kier alpha value is -1.65. The van der Waals surface area contributed by atoms with Crippen molar-refractivity contribution in [2.75, 3.05) is 0 Å². The van der Waals surface area contributed by atoms with Gasteiger partial charge in [0.1, 0.15) is 5.52 Å². The van der Waals surface area contributed by atoms with E-state index in [1.54, 1.807) is 0 Å². The zero-order valence-electron chi connectivity index (χ0n) is 10.1. The molecule has 1 N–H and O–H groups in total. The molecule has 0 bridgehead atoms. The topological polar surface area (TPSA) is 46.3 Å². The summed E-state index contributed by atoms with van der Waals surface area (Å²) < 4.78 is 6.50. The number of hydrogen-bond donors (Lipinski definition) is 1. The number of nitrogens with zero attached hydrogens (tertiary/aromatic N) is 1. The molecule has 0 saturated heterocycles. The van der Waals surface area contributed by atoms with Crippen molar-refractivity contribution in [2.45, 2.75) is 12.5 Å². The second kappa shape index (κ2) is 5.15. The number of halogens is 1. The molecule has 1 heterocycles. The predicted molar refractivity (Wildman–Crippen MR) is 76.8 cm³/mol. The predicted octanol–water partition coefficient (Wildman–Crippen LogP) is 3.87. The summed E-state index contributed by atoms with van der Waals surface area (Å²) in [5, 5.41) is 10.2. The van der Waals surface area contributed by atoms with Crippen molar-refractivity contribution in [2.24, 2.45) is 0 Å². The zero-order chi connectivity index (χ0) is 13.2. The molecule has 0 aliphatic heterocycles. The summed E-state index contributed by atoms with van der Waals surface area (Å²) in [4.78, 5) is 4.37. The van der Waals surface area contributed by atoms with Gasteiger partial charge in [-0.1, -0.05) is 46.3 Å². The van der Waals surface area contributed by atoms with E-state index in [2.05, 4.69) is 20.9 Å². The van der Waals surface area contributed by atoms with Gasteiger partial charge in [0.05, 0.1) is 12.5 Å². The van der Waals surface area contributed by atoms with Crippen LogP contribution in [0.3, 0.4) is 0 Å².